The number of benzene rings is 1. The van der Waals surface area contributed by atoms with Crippen molar-refractivity contribution in [3.63, 3.8) is 0 Å². The molecule has 1 aromatic heterocycles. The van der Waals surface area contributed by atoms with E-state index < -0.39 is 10.8 Å². The van der Waals surface area contributed by atoms with Gasteiger partial charge in [-0.1, -0.05) is 31.4 Å². The molecule has 1 atom stereocenters. The van der Waals surface area contributed by atoms with Gasteiger partial charge in [0.2, 0.25) is 0 Å². The van der Waals surface area contributed by atoms with Gasteiger partial charge in [-0.3, -0.25) is 9.78 Å². The van der Waals surface area contributed by atoms with E-state index in [0.29, 0.717) is 0 Å². The lowest BCUT2D eigenvalue weighted by molar-refractivity contribution is 0.0747. The largest absolute Gasteiger partial charge is 0.300 e. The summed E-state index contributed by atoms with van der Waals surface area (Å²) in [6, 6.07) is 11.6. The zero-order valence-electron chi connectivity index (χ0n) is 16.3. The highest BCUT2D eigenvalue weighted by molar-refractivity contribution is 7.85. The van der Waals surface area contributed by atoms with Crippen LogP contribution in [-0.2, 0) is 10.8 Å². The molecule has 0 spiro atoms. The number of aromatic nitrogens is 1. The summed E-state index contributed by atoms with van der Waals surface area (Å²) in [5, 5.41) is 0. The van der Waals surface area contributed by atoms with Crippen LogP contribution in [0.1, 0.15) is 55.3 Å². The SMILES string of the molecule is O=C(c1ccc(S(=O)c2ccncc2)cc1)C1CCN(C2CCCCC2)CC1. The van der Waals surface area contributed by atoms with Crippen LogP contribution in [0.2, 0.25) is 0 Å². The molecule has 2 fully saturated rings. The Balaban J connectivity index is 1.36. The summed E-state index contributed by atoms with van der Waals surface area (Å²) in [6.07, 6.45) is 12.0. The minimum absolute atomic E-state index is 0.122. The molecule has 0 bridgehead atoms. The van der Waals surface area contributed by atoms with Gasteiger partial charge in [0, 0.05) is 39.7 Å². The van der Waals surface area contributed by atoms with Crippen LogP contribution in [-0.4, -0.2) is 39.0 Å². The predicted molar refractivity (Wildman–Crippen MR) is 111 cm³/mol. The van der Waals surface area contributed by atoms with Gasteiger partial charge in [0.05, 0.1) is 10.8 Å². The molecule has 0 amide bonds. The number of nitrogens with zero attached hydrogens (tertiary/aromatic N) is 2. The Kier molecular flexibility index (Phi) is 6.33. The van der Waals surface area contributed by atoms with E-state index in [2.05, 4.69) is 9.88 Å². The first-order valence-corrected chi connectivity index (χ1v) is 11.6. The lowest BCUT2D eigenvalue weighted by atomic mass is 9.86. The molecule has 2 aliphatic rings. The van der Waals surface area contributed by atoms with E-state index in [4.69, 9.17) is 0 Å². The molecular formula is C23H28N2O2S. The first kappa shape index (κ1) is 19.5. The zero-order chi connectivity index (χ0) is 19.3. The van der Waals surface area contributed by atoms with Gasteiger partial charge >= 0.3 is 0 Å². The molecule has 1 aliphatic carbocycles. The normalized spacial score (nSPS) is 20.7. The topological polar surface area (TPSA) is 50.3 Å². The monoisotopic (exact) mass is 396 g/mol. The van der Waals surface area contributed by atoms with Crippen LogP contribution in [0.4, 0.5) is 0 Å². The minimum atomic E-state index is -1.24. The smallest absolute Gasteiger partial charge is 0.166 e. The molecule has 2 heterocycles. The fraction of sp³-hybridized carbons (Fsp3) is 0.478. The van der Waals surface area contributed by atoms with Crippen LogP contribution in [0.5, 0.6) is 0 Å². The third-order valence-corrected chi connectivity index (χ3v) is 7.61. The van der Waals surface area contributed by atoms with Crippen molar-refractivity contribution in [3.05, 3.63) is 54.4 Å². The highest BCUT2D eigenvalue weighted by atomic mass is 32.2. The predicted octanol–water partition coefficient (Wildman–Crippen LogP) is 4.48. The second-order valence-electron chi connectivity index (χ2n) is 7.94. The standard InChI is InChI=1S/C23H28N2O2S/c26-23(19-12-16-25(17-13-19)20-4-2-1-3-5-20)18-6-8-21(9-7-18)28(27)22-10-14-24-15-11-22/h6-11,14-15,19-20H,1-5,12-13,16-17H2. The third kappa shape index (κ3) is 4.41. The Morgan fingerprint density at radius 1 is 0.857 bits per heavy atom. The van der Waals surface area contributed by atoms with Gasteiger partial charge in [-0.05, 0) is 63.0 Å². The van der Waals surface area contributed by atoms with Crippen LogP contribution < -0.4 is 0 Å². The zero-order valence-corrected chi connectivity index (χ0v) is 17.1. The second kappa shape index (κ2) is 9.10. The number of piperidine rings is 1. The Morgan fingerprint density at radius 3 is 2.11 bits per heavy atom. The van der Waals surface area contributed by atoms with Crippen molar-refractivity contribution in [2.45, 2.75) is 60.8 Å². The lowest BCUT2D eigenvalue weighted by Crippen LogP contribution is -2.43. The molecule has 2 aromatic rings. The van der Waals surface area contributed by atoms with Crippen molar-refractivity contribution in [2.24, 2.45) is 5.92 Å². The van der Waals surface area contributed by atoms with Gasteiger partial charge in [-0.25, -0.2) is 4.21 Å². The number of hydrogen-bond acceptors (Lipinski definition) is 4. The number of carbonyl (C=O) groups is 1. The summed E-state index contributed by atoms with van der Waals surface area (Å²) in [6.45, 7) is 2.09. The lowest BCUT2D eigenvalue weighted by Gasteiger charge is -2.39. The first-order valence-electron chi connectivity index (χ1n) is 10.4. The van der Waals surface area contributed by atoms with Crippen molar-refractivity contribution in [3.8, 4) is 0 Å². The second-order valence-corrected chi connectivity index (χ2v) is 9.42. The molecular weight excluding hydrogens is 368 g/mol. The Hall–Kier alpha value is -1.85. The van der Waals surface area contributed by atoms with Crippen LogP contribution in [0.3, 0.4) is 0 Å². The van der Waals surface area contributed by atoms with Gasteiger partial charge in [0.25, 0.3) is 0 Å². The summed E-state index contributed by atoms with van der Waals surface area (Å²) < 4.78 is 12.6. The molecule has 1 saturated carbocycles. The quantitative estimate of drug-likeness (QED) is 0.700. The van der Waals surface area contributed by atoms with Crippen LogP contribution >= 0.6 is 0 Å². The number of hydrogen-bond donors (Lipinski definition) is 0. The molecule has 1 saturated heterocycles. The van der Waals surface area contributed by atoms with Gasteiger partial charge in [-0.2, -0.15) is 0 Å². The van der Waals surface area contributed by atoms with E-state index in [9.17, 15) is 9.00 Å². The minimum Gasteiger partial charge on any atom is -0.300 e. The molecule has 28 heavy (non-hydrogen) atoms. The van der Waals surface area contributed by atoms with E-state index in [0.717, 1.165) is 47.3 Å². The van der Waals surface area contributed by atoms with E-state index >= 15 is 0 Å². The maximum Gasteiger partial charge on any atom is 0.166 e. The van der Waals surface area contributed by atoms with Gasteiger partial charge in [0.1, 0.15) is 0 Å². The van der Waals surface area contributed by atoms with Gasteiger partial charge in [0.15, 0.2) is 5.78 Å². The number of likely N-dealkylation sites (tertiary alicyclic amines) is 1. The summed E-state index contributed by atoms with van der Waals surface area (Å²) in [7, 11) is -1.24. The van der Waals surface area contributed by atoms with Crippen LogP contribution in [0.15, 0.2) is 58.6 Å². The number of ketones is 1. The number of Topliss-reactive ketones (excluding diaryl/α,β-unsaturated/α-hetero) is 1. The highest BCUT2D eigenvalue weighted by Crippen LogP contribution is 2.29. The maximum atomic E-state index is 12.9. The summed E-state index contributed by atoms with van der Waals surface area (Å²) in [5.74, 6) is 0.362. The van der Waals surface area contributed by atoms with E-state index in [1.165, 1.54) is 32.1 Å². The first-order chi connectivity index (χ1) is 13.7. The number of carbonyl (C=O) groups excluding carboxylic acids is 1. The average Bonchev–Trinajstić information content (AvgIpc) is 2.79. The van der Waals surface area contributed by atoms with E-state index in [1.54, 1.807) is 24.5 Å². The summed E-state index contributed by atoms with van der Waals surface area (Å²) >= 11 is 0. The Bertz CT molecular complexity index is 808. The Labute approximate surface area is 169 Å². The molecule has 4 rings (SSSR count). The van der Waals surface area contributed by atoms with Crippen molar-refractivity contribution in [1.82, 2.24) is 9.88 Å². The molecule has 1 unspecified atom stereocenters. The van der Waals surface area contributed by atoms with Crippen molar-refractivity contribution in [1.29, 1.82) is 0 Å². The molecule has 1 aromatic carbocycles. The van der Waals surface area contributed by atoms with Crippen LogP contribution in [0, 0.1) is 5.92 Å². The Morgan fingerprint density at radius 2 is 1.46 bits per heavy atom. The van der Waals surface area contributed by atoms with E-state index in [-0.39, 0.29) is 11.7 Å². The molecule has 0 N–H and O–H groups in total. The van der Waals surface area contributed by atoms with Crippen LogP contribution in [0.25, 0.3) is 0 Å². The van der Waals surface area contributed by atoms with E-state index in [1.807, 2.05) is 24.3 Å². The van der Waals surface area contributed by atoms with Crippen molar-refractivity contribution < 1.29 is 9.00 Å². The number of pyridine rings is 1. The molecule has 4 nitrogen and oxygen atoms in total. The summed E-state index contributed by atoms with van der Waals surface area (Å²) in [4.78, 5) is 21.0. The van der Waals surface area contributed by atoms with Gasteiger partial charge < -0.3 is 4.90 Å². The van der Waals surface area contributed by atoms with Crippen molar-refractivity contribution in [2.75, 3.05) is 13.1 Å². The molecule has 0 radical (unpaired) electrons. The van der Waals surface area contributed by atoms with Crippen molar-refractivity contribution >= 4 is 16.6 Å². The number of rotatable bonds is 5. The fourth-order valence-corrected chi connectivity index (χ4v) is 5.57. The molecule has 5 heteroatoms. The molecule has 148 valence electrons. The highest BCUT2D eigenvalue weighted by Gasteiger charge is 2.29. The fourth-order valence-electron chi connectivity index (χ4n) is 4.55. The maximum absolute atomic E-state index is 12.9. The molecule has 1 aliphatic heterocycles. The summed E-state index contributed by atoms with van der Waals surface area (Å²) in [5.41, 5.74) is 0.742. The third-order valence-electron chi connectivity index (χ3n) is 6.21. The van der Waals surface area contributed by atoms with Gasteiger partial charge in [-0.15, -0.1) is 0 Å². The average molecular weight is 397 g/mol.